The van der Waals surface area contributed by atoms with Crippen molar-refractivity contribution in [2.24, 2.45) is 5.41 Å². The summed E-state index contributed by atoms with van der Waals surface area (Å²) in [6, 6.07) is 12.3. The lowest BCUT2D eigenvalue weighted by atomic mass is 9.92. The summed E-state index contributed by atoms with van der Waals surface area (Å²) in [4.78, 5) is 0. The Morgan fingerprint density at radius 1 is 1.11 bits per heavy atom. The first-order valence-corrected chi connectivity index (χ1v) is 7.02. The summed E-state index contributed by atoms with van der Waals surface area (Å²) in [5.74, 6) is 0.355. The summed E-state index contributed by atoms with van der Waals surface area (Å²) >= 11 is 0. The Balaban J connectivity index is 1.92. The first kappa shape index (κ1) is 12.3. The highest BCUT2D eigenvalue weighted by Crippen LogP contribution is 2.39. The first-order valence-electron chi connectivity index (χ1n) is 7.02. The maximum absolute atomic E-state index is 9.91. The van der Waals surface area contributed by atoms with E-state index in [9.17, 15) is 5.11 Å². The van der Waals surface area contributed by atoms with Crippen LogP contribution in [-0.2, 0) is 0 Å². The molecule has 19 heavy (non-hydrogen) atoms. The van der Waals surface area contributed by atoms with Crippen LogP contribution in [0.2, 0.25) is 0 Å². The quantitative estimate of drug-likeness (QED) is 0.826. The third-order valence-electron chi connectivity index (χ3n) is 4.23. The summed E-state index contributed by atoms with van der Waals surface area (Å²) in [6.45, 7) is 4.67. The van der Waals surface area contributed by atoms with Crippen LogP contribution in [0, 0.1) is 5.41 Å². The van der Waals surface area contributed by atoms with Crippen LogP contribution in [0.15, 0.2) is 36.4 Å². The number of benzene rings is 2. The molecule has 2 aromatic carbocycles. The van der Waals surface area contributed by atoms with E-state index in [2.05, 4.69) is 31.3 Å². The second-order valence-corrected chi connectivity index (χ2v) is 6.43. The lowest BCUT2D eigenvalue weighted by molar-refractivity contribution is 0.378. The molecule has 100 valence electrons. The Labute approximate surface area is 114 Å². The van der Waals surface area contributed by atoms with Gasteiger partial charge in [-0.15, -0.1) is 0 Å². The second kappa shape index (κ2) is 4.44. The molecule has 0 aliphatic heterocycles. The molecule has 2 heteroatoms. The second-order valence-electron chi connectivity index (χ2n) is 6.43. The fourth-order valence-corrected chi connectivity index (χ4v) is 3.20. The Bertz CT molecular complexity index is 603. The molecule has 1 fully saturated rings. The van der Waals surface area contributed by atoms with Gasteiger partial charge in [0.2, 0.25) is 0 Å². The van der Waals surface area contributed by atoms with E-state index >= 15 is 0 Å². The molecule has 2 nitrogen and oxygen atoms in total. The van der Waals surface area contributed by atoms with Crippen molar-refractivity contribution in [3.8, 4) is 5.75 Å². The van der Waals surface area contributed by atoms with Gasteiger partial charge in [-0.1, -0.05) is 38.1 Å². The SMILES string of the molecule is CC1(C)CCC(Nc2cccc3c(O)cccc23)C1. The van der Waals surface area contributed by atoms with Gasteiger partial charge >= 0.3 is 0 Å². The summed E-state index contributed by atoms with van der Waals surface area (Å²) in [5.41, 5.74) is 1.58. The average molecular weight is 255 g/mol. The smallest absolute Gasteiger partial charge is 0.123 e. The average Bonchev–Trinajstić information content (AvgIpc) is 2.70. The highest BCUT2D eigenvalue weighted by atomic mass is 16.3. The molecule has 1 aliphatic rings. The minimum atomic E-state index is 0.355. The number of phenolic OH excluding ortho intramolecular Hbond substituents is 1. The van der Waals surface area contributed by atoms with Crippen molar-refractivity contribution in [3.05, 3.63) is 36.4 Å². The van der Waals surface area contributed by atoms with Gasteiger partial charge in [0.15, 0.2) is 0 Å². The van der Waals surface area contributed by atoms with E-state index in [1.54, 1.807) is 6.07 Å². The minimum absolute atomic E-state index is 0.355. The predicted molar refractivity (Wildman–Crippen MR) is 80.7 cm³/mol. The highest BCUT2D eigenvalue weighted by Gasteiger charge is 2.30. The minimum Gasteiger partial charge on any atom is -0.507 e. The van der Waals surface area contributed by atoms with Gasteiger partial charge in [0.25, 0.3) is 0 Å². The van der Waals surface area contributed by atoms with Crippen molar-refractivity contribution in [1.29, 1.82) is 0 Å². The number of hydrogen-bond acceptors (Lipinski definition) is 2. The molecule has 0 spiro atoms. The summed E-state index contributed by atoms with van der Waals surface area (Å²) < 4.78 is 0. The maximum Gasteiger partial charge on any atom is 0.123 e. The number of anilines is 1. The summed E-state index contributed by atoms with van der Waals surface area (Å²) in [7, 11) is 0. The molecule has 2 N–H and O–H groups in total. The van der Waals surface area contributed by atoms with Crippen LogP contribution in [0.5, 0.6) is 5.75 Å². The van der Waals surface area contributed by atoms with Crippen molar-refractivity contribution in [1.82, 2.24) is 0 Å². The van der Waals surface area contributed by atoms with Crippen LogP contribution >= 0.6 is 0 Å². The van der Waals surface area contributed by atoms with Crippen molar-refractivity contribution < 1.29 is 5.11 Å². The molecule has 2 aromatic rings. The molecule has 1 atom stereocenters. The van der Waals surface area contributed by atoms with Gasteiger partial charge in [0, 0.05) is 22.5 Å². The van der Waals surface area contributed by atoms with Crippen LogP contribution in [0.3, 0.4) is 0 Å². The number of aromatic hydroxyl groups is 1. The molecular formula is C17H21NO. The zero-order chi connectivity index (χ0) is 13.5. The van der Waals surface area contributed by atoms with Gasteiger partial charge in [0.1, 0.15) is 5.75 Å². The molecule has 0 aromatic heterocycles. The van der Waals surface area contributed by atoms with Crippen molar-refractivity contribution >= 4 is 16.5 Å². The Morgan fingerprint density at radius 2 is 1.84 bits per heavy atom. The Kier molecular flexibility index (Phi) is 2.89. The van der Waals surface area contributed by atoms with Gasteiger partial charge < -0.3 is 10.4 Å². The molecule has 3 rings (SSSR count). The normalized spacial score (nSPS) is 21.7. The number of rotatable bonds is 2. The van der Waals surface area contributed by atoms with E-state index in [1.807, 2.05) is 18.2 Å². The molecule has 0 radical (unpaired) electrons. The van der Waals surface area contributed by atoms with Crippen molar-refractivity contribution in [2.45, 2.75) is 39.2 Å². The third kappa shape index (κ3) is 2.40. The monoisotopic (exact) mass is 255 g/mol. The Morgan fingerprint density at radius 3 is 2.58 bits per heavy atom. The van der Waals surface area contributed by atoms with E-state index in [4.69, 9.17) is 0 Å². The third-order valence-corrected chi connectivity index (χ3v) is 4.23. The van der Waals surface area contributed by atoms with E-state index < -0.39 is 0 Å². The van der Waals surface area contributed by atoms with Crippen LogP contribution in [0.25, 0.3) is 10.8 Å². The molecule has 1 unspecified atom stereocenters. The van der Waals surface area contributed by atoms with Gasteiger partial charge in [-0.25, -0.2) is 0 Å². The van der Waals surface area contributed by atoms with E-state index in [0.29, 0.717) is 17.2 Å². The first-order chi connectivity index (χ1) is 9.05. The van der Waals surface area contributed by atoms with E-state index in [-0.39, 0.29) is 0 Å². The molecule has 0 amide bonds. The molecule has 0 heterocycles. The van der Waals surface area contributed by atoms with Gasteiger partial charge in [-0.3, -0.25) is 0 Å². The zero-order valence-corrected chi connectivity index (χ0v) is 11.6. The van der Waals surface area contributed by atoms with Crippen LogP contribution in [0.1, 0.15) is 33.1 Å². The van der Waals surface area contributed by atoms with Gasteiger partial charge in [0.05, 0.1) is 0 Å². The standard InChI is InChI=1S/C17H21NO/c1-17(2)10-9-12(11-17)18-15-7-3-6-14-13(15)5-4-8-16(14)19/h3-8,12,18-19H,9-11H2,1-2H3. The summed E-state index contributed by atoms with van der Waals surface area (Å²) in [6.07, 6.45) is 3.71. The molecule has 1 aliphatic carbocycles. The highest BCUT2D eigenvalue weighted by molar-refractivity contribution is 5.97. The van der Waals surface area contributed by atoms with Gasteiger partial charge in [-0.2, -0.15) is 0 Å². The number of hydrogen-bond donors (Lipinski definition) is 2. The zero-order valence-electron chi connectivity index (χ0n) is 11.6. The van der Waals surface area contributed by atoms with Crippen LogP contribution < -0.4 is 5.32 Å². The molecule has 0 saturated heterocycles. The topological polar surface area (TPSA) is 32.3 Å². The fraction of sp³-hybridized carbons (Fsp3) is 0.412. The van der Waals surface area contributed by atoms with Crippen molar-refractivity contribution in [2.75, 3.05) is 5.32 Å². The number of nitrogens with one attached hydrogen (secondary N) is 1. The predicted octanol–water partition coefficient (Wildman–Crippen LogP) is 4.54. The maximum atomic E-state index is 9.91. The molecular weight excluding hydrogens is 234 g/mol. The van der Waals surface area contributed by atoms with E-state index in [0.717, 1.165) is 16.5 Å². The lowest BCUT2D eigenvalue weighted by Crippen LogP contribution is -2.17. The molecule has 1 saturated carbocycles. The van der Waals surface area contributed by atoms with E-state index in [1.165, 1.54) is 19.3 Å². The number of phenols is 1. The fourth-order valence-electron chi connectivity index (χ4n) is 3.20. The number of fused-ring (bicyclic) bond motifs is 1. The lowest BCUT2D eigenvalue weighted by Gasteiger charge is -2.19. The Hall–Kier alpha value is -1.70. The van der Waals surface area contributed by atoms with Crippen molar-refractivity contribution in [3.63, 3.8) is 0 Å². The van der Waals surface area contributed by atoms with Crippen LogP contribution in [-0.4, -0.2) is 11.1 Å². The largest absolute Gasteiger partial charge is 0.507 e. The van der Waals surface area contributed by atoms with Gasteiger partial charge in [-0.05, 0) is 36.8 Å². The molecule has 0 bridgehead atoms. The summed E-state index contributed by atoms with van der Waals surface area (Å²) in [5, 5.41) is 15.6. The van der Waals surface area contributed by atoms with Crippen LogP contribution in [0.4, 0.5) is 5.69 Å².